The second kappa shape index (κ2) is 8.93. The average Bonchev–Trinajstić information content (AvgIpc) is 2.78. The van der Waals surface area contributed by atoms with Gasteiger partial charge in [0.1, 0.15) is 11.6 Å². The molecule has 0 spiro atoms. The van der Waals surface area contributed by atoms with Crippen LogP contribution in [0, 0.1) is 0 Å². The molecular formula is C20H17F6N7O. The zero-order chi connectivity index (χ0) is 24.5. The van der Waals surface area contributed by atoms with Crippen molar-refractivity contribution < 1.29 is 31.1 Å². The summed E-state index contributed by atoms with van der Waals surface area (Å²) in [5.41, 5.74) is 2.34. The van der Waals surface area contributed by atoms with E-state index in [4.69, 9.17) is 10.5 Å². The molecule has 0 radical (unpaired) electrons. The zero-order valence-corrected chi connectivity index (χ0v) is 17.3. The normalized spacial score (nSPS) is 14.8. The van der Waals surface area contributed by atoms with E-state index < -0.39 is 29.0 Å². The molecule has 4 heterocycles. The fourth-order valence-corrected chi connectivity index (χ4v) is 3.32. The van der Waals surface area contributed by atoms with E-state index in [0.717, 1.165) is 24.5 Å². The molecule has 1 aliphatic rings. The Bertz CT molecular complexity index is 1180. The van der Waals surface area contributed by atoms with E-state index in [0.29, 0.717) is 38.6 Å². The monoisotopic (exact) mass is 485 g/mol. The SMILES string of the molecule is Nc1cc(C(F)(F)F)c(-c2cc(Nc3ccncc3C(F)(F)F)nc(N3CCOCC3)n2)cn1. The van der Waals surface area contributed by atoms with Crippen LogP contribution in [0.25, 0.3) is 11.3 Å². The van der Waals surface area contributed by atoms with E-state index in [1.165, 1.54) is 0 Å². The third kappa shape index (κ3) is 5.11. The van der Waals surface area contributed by atoms with E-state index in [-0.39, 0.29) is 29.0 Å². The standard InChI is InChI=1S/C20H17F6N7O/c21-19(22,23)12-7-16(27)29-9-11(12)15-8-17(32-18(31-15)33-3-5-34-6-4-33)30-14-1-2-28-10-13(14)20(24,25)26/h1-2,7-10H,3-6H2,(H2,27,29)(H,28,30,31,32). The summed E-state index contributed by atoms with van der Waals surface area (Å²) in [5.74, 6) is -0.465. The molecule has 0 aliphatic carbocycles. The Morgan fingerprint density at radius 2 is 1.65 bits per heavy atom. The Morgan fingerprint density at radius 3 is 2.32 bits per heavy atom. The Kier molecular flexibility index (Phi) is 6.17. The number of anilines is 4. The van der Waals surface area contributed by atoms with Crippen LogP contribution >= 0.6 is 0 Å². The highest BCUT2D eigenvalue weighted by Crippen LogP contribution is 2.39. The first-order valence-corrected chi connectivity index (χ1v) is 9.85. The minimum Gasteiger partial charge on any atom is -0.384 e. The lowest BCUT2D eigenvalue weighted by molar-refractivity contribution is -0.138. The summed E-state index contributed by atoms with van der Waals surface area (Å²) in [6.07, 6.45) is -6.80. The predicted octanol–water partition coefficient (Wildman–Crippen LogP) is 4.13. The van der Waals surface area contributed by atoms with Crippen molar-refractivity contribution in [1.82, 2.24) is 19.9 Å². The van der Waals surface area contributed by atoms with Gasteiger partial charge >= 0.3 is 12.4 Å². The summed E-state index contributed by atoms with van der Waals surface area (Å²) in [4.78, 5) is 17.4. The minimum absolute atomic E-state index is 0.0239. The molecule has 0 bridgehead atoms. The van der Waals surface area contributed by atoms with Crippen molar-refractivity contribution in [2.24, 2.45) is 0 Å². The number of ether oxygens (including phenoxy) is 1. The topological polar surface area (TPSA) is 102 Å². The van der Waals surface area contributed by atoms with Gasteiger partial charge in [0.2, 0.25) is 5.95 Å². The van der Waals surface area contributed by atoms with Gasteiger partial charge in [-0.05, 0) is 12.1 Å². The largest absolute Gasteiger partial charge is 0.419 e. The third-order valence-corrected chi connectivity index (χ3v) is 4.90. The highest BCUT2D eigenvalue weighted by Gasteiger charge is 2.36. The number of nitrogen functional groups attached to an aromatic ring is 1. The Labute approximate surface area is 188 Å². The van der Waals surface area contributed by atoms with E-state index in [9.17, 15) is 26.3 Å². The fourth-order valence-electron chi connectivity index (χ4n) is 3.32. The molecule has 1 fully saturated rings. The lowest BCUT2D eigenvalue weighted by atomic mass is 10.1. The quantitative estimate of drug-likeness (QED) is 0.532. The fraction of sp³-hybridized carbons (Fsp3) is 0.300. The van der Waals surface area contributed by atoms with Crippen molar-refractivity contribution in [3.8, 4) is 11.3 Å². The number of pyridine rings is 2. The maximum atomic E-state index is 13.7. The summed E-state index contributed by atoms with van der Waals surface area (Å²) >= 11 is 0. The first kappa shape index (κ1) is 23.5. The zero-order valence-electron chi connectivity index (χ0n) is 17.3. The first-order chi connectivity index (χ1) is 16.0. The van der Waals surface area contributed by atoms with Gasteiger partial charge in [-0.2, -0.15) is 31.3 Å². The number of rotatable bonds is 4. The molecule has 34 heavy (non-hydrogen) atoms. The number of nitrogens with one attached hydrogen (secondary N) is 1. The van der Waals surface area contributed by atoms with Crippen LogP contribution in [0.4, 0.5) is 49.6 Å². The van der Waals surface area contributed by atoms with Crippen LogP contribution in [-0.2, 0) is 17.1 Å². The molecule has 0 amide bonds. The summed E-state index contributed by atoms with van der Waals surface area (Å²) in [5, 5.41) is 2.54. The molecule has 0 saturated carbocycles. The van der Waals surface area contributed by atoms with Gasteiger partial charge in [0, 0.05) is 43.3 Å². The van der Waals surface area contributed by atoms with Crippen LogP contribution in [0.15, 0.2) is 36.8 Å². The summed E-state index contributed by atoms with van der Waals surface area (Å²) < 4.78 is 86.6. The van der Waals surface area contributed by atoms with Gasteiger partial charge < -0.3 is 20.7 Å². The van der Waals surface area contributed by atoms with Crippen molar-refractivity contribution in [1.29, 1.82) is 0 Å². The smallest absolute Gasteiger partial charge is 0.384 e. The van der Waals surface area contributed by atoms with Crippen LogP contribution in [0.3, 0.4) is 0 Å². The molecule has 1 saturated heterocycles. The van der Waals surface area contributed by atoms with Crippen LogP contribution in [-0.4, -0.2) is 46.2 Å². The molecule has 3 aromatic heterocycles. The number of alkyl halides is 6. The second-order valence-electron chi connectivity index (χ2n) is 7.23. The molecule has 180 valence electrons. The molecule has 1 aliphatic heterocycles. The van der Waals surface area contributed by atoms with Crippen LogP contribution in [0.1, 0.15) is 11.1 Å². The molecule has 14 heteroatoms. The number of hydrogen-bond acceptors (Lipinski definition) is 8. The van der Waals surface area contributed by atoms with Crippen LogP contribution < -0.4 is 16.0 Å². The number of halogens is 6. The Hall–Kier alpha value is -3.68. The molecule has 0 atom stereocenters. The van der Waals surface area contributed by atoms with E-state index in [2.05, 4.69) is 25.3 Å². The molecule has 4 rings (SSSR count). The number of nitrogens with zero attached hydrogens (tertiary/aromatic N) is 5. The molecular weight excluding hydrogens is 468 g/mol. The predicted molar refractivity (Wildman–Crippen MR) is 110 cm³/mol. The van der Waals surface area contributed by atoms with E-state index in [1.54, 1.807) is 4.90 Å². The molecule has 3 N–H and O–H groups in total. The van der Waals surface area contributed by atoms with Crippen LogP contribution in [0.5, 0.6) is 0 Å². The Balaban J connectivity index is 1.85. The van der Waals surface area contributed by atoms with Crippen molar-refractivity contribution in [2.45, 2.75) is 12.4 Å². The minimum atomic E-state index is -4.78. The number of hydrogen-bond donors (Lipinski definition) is 2. The molecule has 8 nitrogen and oxygen atoms in total. The van der Waals surface area contributed by atoms with Crippen molar-refractivity contribution in [2.75, 3.05) is 42.3 Å². The van der Waals surface area contributed by atoms with Gasteiger partial charge in [-0.25, -0.2) is 9.97 Å². The van der Waals surface area contributed by atoms with Crippen LogP contribution in [0.2, 0.25) is 0 Å². The molecule has 3 aromatic rings. The van der Waals surface area contributed by atoms with Crippen molar-refractivity contribution >= 4 is 23.3 Å². The lowest BCUT2D eigenvalue weighted by Gasteiger charge is -2.27. The highest BCUT2D eigenvalue weighted by atomic mass is 19.4. The first-order valence-electron chi connectivity index (χ1n) is 9.85. The maximum Gasteiger partial charge on any atom is 0.419 e. The van der Waals surface area contributed by atoms with Gasteiger partial charge in [-0.3, -0.25) is 4.98 Å². The highest BCUT2D eigenvalue weighted by molar-refractivity contribution is 5.71. The Morgan fingerprint density at radius 1 is 0.941 bits per heavy atom. The summed E-state index contributed by atoms with van der Waals surface area (Å²) in [6.45, 7) is 1.35. The van der Waals surface area contributed by atoms with Crippen molar-refractivity contribution in [3.05, 3.63) is 47.9 Å². The number of morpholine rings is 1. The van der Waals surface area contributed by atoms with E-state index >= 15 is 0 Å². The van der Waals surface area contributed by atoms with Crippen molar-refractivity contribution in [3.63, 3.8) is 0 Å². The summed E-state index contributed by atoms with van der Waals surface area (Å²) in [6, 6.07) is 2.88. The lowest BCUT2D eigenvalue weighted by Crippen LogP contribution is -2.37. The molecule has 0 aromatic carbocycles. The van der Waals surface area contributed by atoms with Gasteiger partial charge in [0.25, 0.3) is 0 Å². The summed E-state index contributed by atoms with van der Waals surface area (Å²) in [7, 11) is 0. The number of nitrogens with two attached hydrogens (primary N) is 1. The third-order valence-electron chi connectivity index (χ3n) is 4.90. The van der Waals surface area contributed by atoms with E-state index in [1.807, 2.05) is 0 Å². The van der Waals surface area contributed by atoms with Gasteiger partial charge in [-0.15, -0.1) is 0 Å². The second-order valence-corrected chi connectivity index (χ2v) is 7.23. The number of aromatic nitrogens is 4. The van der Waals surface area contributed by atoms with Gasteiger partial charge in [-0.1, -0.05) is 0 Å². The maximum absolute atomic E-state index is 13.7. The van der Waals surface area contributed by atoms with Gasteiger partial charge in [0.05, 0.1) is 35.7 Å². The average molecular weight is 485 g/mol. The van der Waals surface area contributed by atoms with Gasteiger partial charge in [0.15, 0.2) is 0 Å². The molecule has 0 unspecified atom stereocenters.